The second-order valence-electron chi connectivity index (χ2n) is 8.51. The molecule has 0 heterocycles. The number of amides is 1. The second kappa shape index (κ2) is 10.7. The van der Waals surface area contributed by atoms with Crippen LogP contribution in [0.1, 0.15) is 28.4 Å². The molecule has 0 aliphatic rings. The zero-order chi connectivity index (χ0) is 24.7. The fraction of sp³-hybridized carbons (Fsp3) is 0.0625. The Balaban J connectivity index is 1.24. The van der Waals surface area contributed by atoms with E-state index >= 15 is 0 Å². The third kappa shape index (κ3) is 5.18. The predicted octanol–water partition coefficient (Wildman–Crippen LogP) is 7.24. The summed E-state index contributed by atoms with van der Waals surface area (Å²) in [5.74, 6) is 0.570. The van der Waals surface area contributed by atoms with Gasteiger partial charge in [0.1, 0.15) is 12.4 Å². The molecule has 4 heteroatoms. The van der Waals surface area contributed by atoms with Crippen molar-refractivity contribution in [2.24, 2.45) is 5.10 Å². The number of hydrogen-bond acceptors (Lipinski definition) is 3. The summed E-state index contributed by atoms with van der Waals surface area (Å²) in [5, 5.41) is 6.59. The topological polar surface area (TPSA) is 50.7 Å². The molecule has 1 amide bonds. The minimum Gasteiger partial charge on any atom is -0.488 e. The molecule has 0 unspecified atom stereocenters. The lowest BCUT2D eigenvalue weighted by atomic mass is 10.0. The van der Waals surface area contributed by atoms with Crippen molar-refractivity contribution in [3.63, 3.8) is 0 Å². The molecule has 0 aliphatic heterocycles. The molecule has 0 atom stereocenters. The first kappa shape index (κ1) is 23.1. The van der Waals surface area contributed by atoms with Crippen molar-refractivity contribution in [3.8, 4) is 16.9 Å². The molecule has 5 rings (SSSR count). The molecule has 0 radical (unpaired) electrons. The lowest BCUT2D eigenvalue weighted by Crippen LogP contribution is -2.19. The van der Waals surface area contributed by atoms with Crippen molar-refractivity contribution in [2.45, 2.75) is 13.5 Å². The lowest BCUT2D eigenvalue weighted by Gasteiger charge is -2.12. The number of hydrogen-bond donors (Lipinski definition) is 1. The molecule has 0 saturated carbocycles. The van der Waals surface area contributed by atoms with Gasteiger partial charge in [0.2, 0.25) is 0 Å². The second-order valence-corrected chi connectivity index (χ2v) is 8.51. The number of carbonyl (C=O) groups is 1. The van der Waals surface area contributed by atoms with Gasteiger partial charge in [-0.25, -0.2) is 5.43 Å². The highest BCUT2D eigenvalue weighted by molar-refractivity contribution is 6.10. The molecule has 176 valence electrons. The van der Waals surface area contributed by atoms with Crippen LogP contribution in [0.15, 0.2) is 126 Å². The highest BCUT2D eigenvalue weighted by Gasteiger charge is 2.09. The Morgan fingerprint density at radius 3 is 2.28 bits per heavy atom. The predicted molar refractivity (Wildman–Crippen MR) is 146 cm³/mol. The number of ether oxygens (including phenoxy) is 1. The van der Waals surface area contributed by atoms with Gasteiger partial charge in [-0.3, -0.25) is 4.79 Å². The van der Waals surface area contributed by atoms with Crippen LogP contribution in [0.3, 0.4) is 0 Å². The van der Waals surface area contributed by atoms with Gasteiger partial charge >= 0.3 is 0 Å². The zero-order valence-electron chi connectivity index (χ0n) is 20.0. The normalized spacial score (nSPS) is 11.3. The zero-order valence-corrected chi connectivity index (χ0v) is 20.0. The van der Waals surface area contributed by atoms with Crippen LogP contribution in [0.25, 0.3) is 21.9 Å². The maximum Gasteiger partial charge on any atom is 0.271 e. The Hall–Kier alpha value is -4.70. The third-order valence-electron chi connectivity index (χ3n) is 6.09. The van der Waals surface area contributed by atoms with Crippen molar-refractivity contribution in [1.29, 1.82) is 0 Å². The first-order valence-electron chi connectivity index (χ1n) is 11.9. The minimum atomic E-state index is -0.253. The molecule has 4 nitrogen and oxygen atoms in total. The van der Waals surface area contributed by atoms with Crippen LogP contribution in [0.5, 0.6) is 5.75 Å². The van der Waals surface area contributed by atoms with E-state index in [1.165, 1.54) is 0 Å². The molecule has 0 spiro atoms. The summed E-state index contributed by atoms with van der Waals surface area (Å²) in [5.41, 5.74) is 8.11. The number of benzene rings is 5. The van der Waals surface area contributed by atoms with Crippen molar-refractivity contribution < 1.29 is 9.53 Å². The van der Waals surface area contributed by atoms with Crippen molar-refractivity contribution >= 4 is 22.4 Å². The van der Waals surface area contributed by atoms with Gasteiger partial charge in [0.25, 0.3) is 5.91 Å². The van der Waals surface area contributed by atoms with E-state index < -0.39 is 0 Å². The molecule has 36 heavy (non-hydrogen) atoms. The van der Waals surface area contributed by atoms with E-state index in [0.717, 1.165) is 44.5 Å². The Labute approximate surface area is 210 Å². The van der Waals surface area contributed by atoms with Gasteiger partial charge in [0, 0.05) is 16.7 Å². The number of carbonyl (C=O) groups excluding carboxylic acids is 1. The van der Waals surface area contributed by atoms with Crippen LogP contribution in [-0.4, -0.2) is 11.6 Å². The van der Waals surface area contributed by atoms with Gasteiger partial charge in [-0.1, -0.05) is 103 Å². The van der Waals surface area contributed by atoms with E-state index in [0.29, 0.717) is 12.2 Å². The summed E-state index contributed by atoms with van der Waals surface area (Å²) < 4.78 is 6.12. The maximum atomic E-state index is 12.7. The number of fused-ring (bicyclic) bond motifs is 1. The van der Waals surface area contributed by atoms with Crippen LogP contribution in [0.4, 0.5) is 0 Å². The van der Waals surface area contributed by atoms with Crippen molar-refractivity contribution in [2.75, 3.05) is 0 Å². The van der Waals surface area contributed by atoms with Crippen molar-refractivity contribution in [1.82, 2.24) is 5.43 Å². The van der Waals surface area contributed by atoms with E-state index in [2.05, 4.69) is 46.9 Å². The number of hydrazone groups is 1. The van der Waals surface area contributed by atoms with Crippen LogP contribution >= 0.6 is 0 Å². The van der Waals surface area contributed by atoms with E-state index in [4.69, 9.17) is 4.74 Å². The Bertz CT molecular complexity index is 1520. The first-order valence-corrected chi connectivity index (χ1v) is 11.9. The fourth-order valence-electron chi connectivity index (χ4n) is 4.16. The van der Waals surface area contributed by atoms with Gasteiger partial charge in [-0.05, 0) is 47.0 Å². The standard InChI is InChI=1S/C32H26N2O2/c1-23(28-16-9-13-25-12-5-6-14-29(25)28)33-34-32(35)27-20-18-24(19-21-27)22-36-31-17-8-7-15-30(31)26-10-3-2-4-11-26/h2-21H,22H2,1H3,(H,34,35)/b33-23-. The van der Waals surface area contributed by atoms with Gasteiger partial charge in [-0.2, -0.15) is 5.10 Å². The van der Waals surface area contributed by atoms with E-state index in [-0.39, 0.29) is 5.91 Å². The van der Waals surface area contributed by atoms with E-state index in [9.17, 15) is 4.79 Å². The SMILES string of the molecule is C/C(=N/NC(=O)c1ccc(COc2ccccc2-c2ccccc2)cc1)c1cccc2ccccc12. The third-order valence-corrected chi connectivity index (χ3v) is 6.09. The summed E-state index contributed by atoms with van der Waals surface area (Å²) in [7, 11) is 0. The largest absolute Gasteiger partial charge is 0.488 e. The van der Waals surface area contributed by atoms with Crippen LogP contribution in [0, 0.1) is 0 Å². The van der Waals surface area contributed by atoms with E-state index in [1.807, 2.05) is 79.7 Å². The molecule has 0 fully saturated rings. The molecule has 0 aromatic heterocycles. The van der Waals surface area contributed by atoms with Crippen molar-refractivity contribution in [3.05, 3.63) is 138 Å². The monoisotopic (exact) mass is 470 g/mol. The molecule has 1 N–H and O–H groups in total. The van der Waals surface area contributed by atoms with Gasteiger partial charge in [0.05, 0.1) is 5.71 Å². The van der Waals surface area contributed by atoms with Gasteiger partial charge in [0.15, 0.2) is 0 Å². The maximum absolute atomic E-state index is 12.7. The summed E-state index contributed by atoms with van der Waals surface area (Å²) in [6.07, 6.45) is 0. The number of para-hydroxylation sites is 1. The van der Waals surface area contributed by atoms with Crippen LogP contribution in [0.2, 0.25) is 0 Å². The quantitative estimate of drug-likeness (QED) is 0.201. The number of nitrogens with zero attached hydrogens (tertiary/aromatic N) is 1. The number of nitrogens with one attached hydrogen (secondary N) is 1. The van der Waals surface area contributed by atoms with Gasteiger partial charge in [-0.15, -0.1) is 0 Å². The summed E-state index contributed by atoms with van der Waals surface area (Å²) >= 11 is 0. The molecule has 0 saturated heterocycles. The van der Waals surface area contributed by atoms with Gasteiger partial charge < -0.3 is 4.74 Å². The number of rotatable bonds is 7. The Morgan fingerprint density at radius 1 is 0.750 bits per heavy atom. The molecule has 5 aromatic rings. The highest BCUT2D eigenvalue weighted by Crippen LogP contribution is 2.30. The van der Waals surface area contributed by atoms with Crippen LogP contribution in [-0.2, 0) is 6.61 Å². The minimum absolute atomic E-state index is 0.253. The average Bonchev–Trinajstić information content (AvgIpc) is 2.95. The lowest BCUT2D eigenvalue weighted by molar-refractivity contribution is 0.0955. The molecule has 0 bridgehead atoms. The molecule has 5 aromatic carbocycles. The highest BCUT2D eigenvalue weighted by atomic mass is 16.5. The summed E-state index contributed by atoms with van der Waals surface area (Å²) in [6.45, 7) is 2.31. The molecule has 0 aliphatic carbocycles. The summed E-state index contributed by atoms with van der Waals surface area (Å²) in [6, 6.07) is 39.8. The fourth-order valence-corrected chi connectivity index (χ4v) is 4.16. The summed E-state index contributed by atoms with van der Waals surface area (Å²) in [4.78, 5) is 12.7. The first-order chi connectivity index (χ1) is 17.7. The van der Waals surface area contributed by atoms with E-state index in [1.54, 1.807) is 12.1 Å². The smallest absolute Gasteiger partial charge is 0.271 e. The Kier molecular flexibility index (Phi) is 6.86. The van der Waals surface area contributed by atoms with Crippen LogP contribution < -0.4 is 10.2 Å². The molecular formula is C32H26N2O2. The Morgan fingerprint density at radius 2 is 1.44 bits per heavy atom. The average molecular weight is 471 g/mol. The molecular weight excluding hydrogens is 444 g/mol.